The Morgan fingerprint density at radius 3 is 1.96 bits per heavy atom. The van der Waals surface area contributed by atoms with Crippen molar-refractivity contribution in [3.8, 4) is 0 Å². The smallest absolute Gasteiger partial charge is 0.226 e. The van der Waals surface area contributed by atoms with Gasteiger partial charge in [-0.25, -0.2) is 0 Å². The lowest BCUT2D eigenvalue weighted by molar-refractivity contribution is -0.890. The van der Waals surface area contributed by atoms with E-state index in [1.165, 1.54) is 88.2 Å². The molecule has 0 bridgehead atoms. The van der Waals surface area contributed by atoms with Crippen LogP contribution in [0.4, 0.5) is 0 Å². The average molecular weight is 703 g/mol. The number of carbonyl (C=O) groups excluding carboxylic acids is 3. The number of carbonyl (C=O) groups is 3. The van der Waals surface area contributed by atoms with Crippen LogP contribution in [0.3, 0.4) is 0 Å². The van der Waals surface area contributed by atoms with Crippen LogP contribution in [0.5, 0.6) is 0 Å². The molecule has 48 heavy (non-hydrogen) atoms. The van der Waals surface area contributed by atoms with Gasteiger partial charge in [0.05, 0.1) is 27.2 Å². The van der Waals surface area contributed by atoms with Gasteiger partial charge in [-0.15, -0.1) is 0 Å². The quantitative estimate of drug-likeness (QED) is 0.0768. The topological polar surface area (TPSA) is 81.8 Å². The van der Waals surface area contributed by atoms with E-state index in [9.17, 15) is 14.4 Å². The van der Waals surface area contributed by atoms with Gasteiger partial charge in [-0.1, -0.05) is 86.0 Å². The van der Waals surface area contributed by atoms with E-state index in [0.717, 1.165) is 45.2 Å². The molecule has 1 heterocycles. The minimum atomic E-state index is -0.688. The van der Waals surface area contributed by atoms with Crippen molar-refractivity contribution in [3.05, 3.63) is 0 Å². The van der Waals surface area contributed by atoms with Crippen LogP contribution in [0.2, 0.25) is 0 Å². The van der Waals surface area contributed by atoms with E-state index >= 15 is 0 Å². The Bertz CT molecular complexity index is 838. The Kier molecular flexibility index (Phi) is 28.0. The molecule has 2 N–H and O–H groups in total. The number of aldehydes is 1. The third kappa shape index (κ3) is 23.2. The predicted octanol–water partition coefficient (Wildman–Crippen LogP) is 4.06. The Labute approximate surface area is 304 Å². The SMILES string of the molecule is CCC(CC(C)(CC(C)(C)C=O)C(=O)NCCCN(C)C)N1CCCC1=O.CCCCCCCCCCCC[N+](C)(C)CCCNC.[Cl-]. The second-order valence-electron chi connectivity index (χ2n) is 16.2. The molecule has 9 heteroatoms. The van der Waals surface area contributed by atoms with Crippen molar-refractivity contribution in [2.45, 2.75) is 150 Å². The molecule has 1 rings (SSSR count). The highest BCUT2D eigenvalue weighted by molar-refractivity contribution is 5.83. The molecule has 0 aliphatic carbocycles. The van der Waals surface area contributed by atoms with Gasteiger partial charge in [-0.3, -0.25) is 9.59 Å². The molecular weight excluding hydrogens is 622 g/mol. The number of hydrogen-bond acceptors (Lipinski definition) is 5. The first-order valence-electron chi connectivity index (χ1n) is 19.3. The highest BCUT2D eigenvalue weighted by atomic mass is 35.5. The highest BCUT2D eigenvalue weighted by Crippen LogP contribution is 2.39. The van der Waals surface area contributed by atoms with Crippen LogP contribution in [-0.2, 0) is 14.4 Å². The largest absolute Gasteiger partial charge is 1.00 e. The van der Waals surface area contributed by atoms with Crippen molar-refractivity contribution < 1.29 is 31.3 Å². The molecular formula is C39H80ClN5O3. The molecule has 2 atom stereocenters. The van der Waals surface area contributed by atoms with Gasteiger partial charge in [-0.05, 0) is 72.6 Å². The van der Waals surface area contributed by atoms with Gasteiger partial charge >= 0.3 is 0 Å². The summed E-state index contributed by atoms with van der Waals surface area (Å²) < 4.78 is 1.19. The summed E-state index contributed by atoms with van der Waals surface area (Å²) in [7, 11) is 10.8. The lowest BCUT2D eigenvalue weighted by Gasteiger charge is -2.39. The number of unbranched alkanes of at least 4 members (excludes halogenated alkanes) is 9. The van der Waals surface area contributed by atoms with E-state index in [-0.39, 0.29) is 30.3 Å². The summed E-state index contributed by atoms with van der Waals surface area (Å²) in [6.07, 6.45) is 20.9. The lowest BCUT2D eigenvalue weighted by atomic mass is 9.70. The van der Waals surface area contributed by atoms with Crippen LogP contribution in [-0.4, -0.2) is 113 Å². The van der Waals surface area contributed by atoms with Gasteiger partial charge in [0.2, 0.25) is 11.8 Å². The zero-order valence-electron chi connectivity index (χ0n) is 33.4. The standard InChI is InChI=1S/C21H39N3O3.C18H41N2.ClH/c1-7-17(24-13-8-10-18(24)26)14-21(4,15-20(2,3)16-25)19(27)22-11-9-12-23(5)6;1-5-6-7-8-9-10-11-12-13-14-17-20(3,4)18-15-16-19-2;/h16-17H,7-15H2,1-6H3,(H,22,27);19H,5-18H2,1-4H3;1H/q;+1;/p-1. The lowest BCUT2D eigenvalue weighted by Crippen LogP contribution is -3.00. The summed E-state index contributed by atoms with van der Waals surface area (Å²) in [6, 6.07) is 0.0416. The van der Waals surface area contributed by atoms with Gasteiger partial charge in [0.25, 0.3) is 0 Å². The van der Waals surface area contributed by atoms with Gasteiger partial charge in [0.15, 0.2) is 0 Å². The summed E-state index contributed by atoms with van der Waals surface area (Å²) in [5.41, 5.74) is -1.27. The van der Waals surface area contributed by atoms with Crippen LogP contribution < -0.4 is 23.0 Å². The second-order valence-corrected chi connectivity index (χ2v) is 16.2. The fourth-order valence-corrected chi connectivity index (χ4v) is 6.98. The molecule has 1 saturated heterocycles. The Balaban J connectivity index is 0. The van der Waals surface area contributed by atoms with Gasteiger partial charge < -0.3 is 42.1 Å². The normalized spacial score (nSPS) is 15.4. The zero-order valence-corrected chi connectivity index (χ0v) is 34.1. The van der Waals surface area contributed by atoms with Crippen LogP contribution in [0.15, 0.2) is 0 Å². The molecule has 0 spiro atoms. The third-order valence-corrected chi connectivity index (χ3v) is 9.80. The molecule has 0 saturated carbocycles. The van der Waals surface area contributed by atoms with Crippen LogP contribution in [0, 0.1) is 10.8 Å². The number of hydrogen-bond donors (Lipinski definition) is 2. The van der Waals surface area contributed by atoms with Gasteiger partial charge in [0.1, 0.15) is 6.29 Å². The van der Waals surface area contributed by atoms with Gasteiger partial charge in [-0.2, -0.15) is 0 Å². The molecule has 2 unspecified atom stereocenters. The molecule has 0 aromatic rings. The molecule has 1 fully saturated rings. The summed E-state index contributed by atoms with van der Waals surface area (Å²) in [4.78, 5) is 40.9. The van der Waals surface area contributed by atoms with E-state index in [1.54, 1.807) is 0 Å². The number of rotatable bonds is 27. The molecule has 286 valence electrons. The maximum Gasteiger partial charge on any atom is 0.226 e. The molecule has 0 radical (unpaired) electrons. The van der Waals surface area contributed by atoms with Gasteiger partial charge in [0, 0.05) is 49.3 Å². The Morgan fingerprint density at radius 2 is 1.48 bits per heavy atom. The molecule has 0 aromatic heterocycles. The zero-order chi connectivity index (χ0) is 35.8. The average Bonchev–Trinajstić information content (AvgIpc) is 3.44. The first-order valence-corrected chi connectivity index (χ1v) is 19.3. The maximum absolute atomic E-state index is 13.1. The summed E-state index contributed by atoms with van der Waals surface area (Å²) in [6.45, 7) is 16.2. The van der Waals surface area contributed by atoms with Crippen molar-refractivity contribution in [2.75, 3.05) is 74.5 Å². The number of likely N-dealkylation sites (tertiary alicyclic amines) is 1. The fraction of sp³-hybridized carbons (Fsp3) is 0.923. The number of quaternary nitrogens is 1. The van der Waals surface area contributed by atoms with E-state index in [2.05, 4.69) is 43.5 Å². The minimum absolute atomic E-state index is 0. The van der Waals surface area contributed by atoms with Crippen molar-refractivity contribution in [1.82, 2.24) is 20.4 Å². The van der Waals surface area contributed by atoms with E-state index < -0.39 is 10.8 Å². The van der Waals surface area contributed by atoms with Crippen molar-refractivity contribution in [2.24, 2.45) is 10.8 Å². The van der Waals surface area contributed by atoms with E-state index in [1.807, 2.05) is 46.8 Å². The van der Waals surface area contributed by atoms with E-state index in [0.29, 0.717) is 25.8 Å². The molecule has 8 nitrogen and oxygen atoms in total. The third-order valence-electron chi connectivity index (χ3n) is 9.80. The fourth-order valence-electron chi connectivity index (χ4n) is 6.98. The first kappa shape index (κ1) is 48.9. The van der Waals surface area contributed by atoms with E-state index in [4.69, 9.17) is 0 Å². The first-order chi connectivity index (χ1) is 22.2. The van der Waals surface area contributed by atoms with Crippen molar-refractivity contribution >= 4 is 18.1 Å². The van der Waals surface area contributed by atoms with Crippen LogP contribution >= 0.6 is 0 Å². The van der Waals surface area contributed by atoms with Crippen molar-refractivity contribution in [1.29, 1.82) is 0 Å². The second kappa shape index (κ2) is 27.5. The maximum atomic E-state index is 13.1. The highest BCUT2D eigenvalue weighted by Gasteiger charge is 2.42. The monoisotopic (exact) mass is 702 g/mol. The minimum Gasteiger partial charge on any atom is -1.00 e. The molecule has 1 aliphatic heterocycles. The molecule has 0 aromatic carbocycles. The predicted molar refractivity (Wildman–Crippen MR) is 201 cm³/mol. The summed E-state index contributed by atoms with van der Waals surface area (Å²) in [5.74, 6) is 0.173. The Hall–Kier alpha value is -1.22. The molecule has 1 aliphatic rings. The van der Waals surface area contributed by atoms with Crippen molar-refractivity contribution in [3.63, 3.8) is 0 Å². The molecule has 2 amide bonds. The van der Waals surface area contributed by atoms with Crippen LogP contribution in [0.1, 0.15) is 144 Å². The summed E-state index contributed by atoms with van der Waals surface area (Å²) in [5, 5.41) is 6.31. The number of amides is 2. The summed E-state index contributed by atoms with van der Waals surface area (Å²) >= 11 is 0. The van der Waals surface area contributed by atoms with Crippen LogP contribution in [0.25, 0.3) is 0 Å². The number of nitrogens with zero attached hydrogens (tertiary/aromatic N) is 3. The number of halogens is 1. The Morgan fingerprint density at radius 1 is 0.917 bits per heavy atom. The number of nitrogens with one attached hydrogen (secondary N) is 2.